The van der Waals surface area contributed by atoms with E-state index < -0.39 is 0 Å². The Hall–Kier alpha value is -6.01. The van der Waals surface area contributed by atoms with E-state index in [0.717, 1.165) is 55.7 Å². The van der Waals surface area contributed by atoms with Crippen molar-refractivity contribution in [1.29, 1.82) is 0 Å². The number of rotatable bonds is 16. The third-order valence-electron chi connectivity index (χ3n) is 10.0. The first-order chi connectivity index (χ1) is 29.3. The predicted molar refractivity (Wildman–Crippen MR) is 239 cm³/mol. The minimum absolute atomic E-state index is 0.0941. The first-order valence-corrected chi connectivity index (χ1v) is 20.9. The van der Waals surface area contributed by atoms with E-state index in [0.29, 0.717) is 91.1 Å². The van der Waals surface area contributed by atoms with Crippen molar-refractivity contribution >= 4 is 45.8 Å². The Balaban J connectivity index is 0.00000131. The van der Waals surface area contributed by atoms with Gasteiger partial charge in [0.25, 0.3) is 5.88 Å². The number of hydrogen-bond acceptors (Lipinski definition) is 16. The van der Waals surface area contributed by atoms with Gasteiger partial charge < -0.3 is 51.0 Å². The number of allylic oxidation sites excluding steroid dienone is 2. The number of ether oxygens (including phenoxy) is 2. The summed E-state index contributed by atoms with van der Waals surface area (Å²) in [6.45, 7) is 15.1. The third-order valence-corrected chi connectivity index (χ3v) is 10.0. The number of aryl methyl sites for hydroxylation is 1. The van der Waals surface area contributed by atoms with Crippen LogP contribution in [-0.4, -0.2) is 101 Å². The molecule has 7 heterocycles. The van der Waals surface area contributed by atoms with Crippen LogP contribution in [0.15, 0.2) is 55.8 Å². The molecule has 5 aromatic rings. The topological polar surface area (TPSA) is 221 Å². The maximum Gasteiger partial charge on any atom is 0.256 e. The molecule has 0 aliphatic carbocycles. The van der Waals surface area contributed by atoms with Crippen molar-refractivity contribution in [1.82, 2.24) is 44.3 Å². The number of methoxy groups -OCH3 is 1. The Bertz CT molecular complexity index is 2130. The van der Waals surface area contributed by atoms with Crippen LogP contribution < -0.4 is 41.4 Å². The monoisotopic (exact) mass is 826 g/mol. The number of hydrogen-bond donors (Lipinski definition) is 5. The summed E-state index contributed by atoms with van der Waals surface area (Å²) in [5.41, 5.74) is 15.9. The molecule has 2 aliphatic rings. The maximum absolute atomic E-state index is 9.69. The van der Waals surface area contributed by atoms with Gasteiger partial charge in [0.2, 0.25) is 11.8 Å². The molecule has 2 fully saturated rings. The molecular weight excluding hydrogens is 763 g/mol. The Morgan fingerprint density at radius 3 is 2.60 bits per heavy atom. The lowest BCUT2D eigenvalue weighted by Crippen LogP contribution is -2.40. The second-order valence-electron chi connectivity index (χ2n) is 14.3. The molecule has 7 rings (SSSR count). The minimum Gasteiger partial charge on any atom is -0.478 e. The van der Waals surface area contributed by atoms with E-state index in [1.54, 1.807) is 36.6 Å². The summed E-state index contributed by atoms with van der Waals surface area (Å²) < 4.78 is 15.2. The lowest BCUT2D eigenvalue weighted by molar-refractivity contribution is 0.262. The zero-order chi connectivity index (χ0) is 43.0. The van der Waals surface area contributed by atoms with Gasteiger partial charge in [-0.25, -0.2) is 19.9 Å². The summed E-state index contributed by atoms with van der Waals surface area (Å²) in [4.78, 5) is 32.7. The smallest absolute Gasteiger partial charge is 0.256 e. The molecule has 0 radical (unpaired) electrons. The van der Waals surface area contributed by atoms with Crippen LogP contribution >= 0.6 is 0 Å². The van der Waals surface area contributed by atoms with Gasteiger partial charge in [-0.05, 0) is 51.0 Å². The lowest BCUT2D eigenvalue weighted by atomic mass is 9.99. The number of pyridine rings is 1. The van der Waals surface area contributed by atoms with E-state index in [2.05, 4.69) is 42.1 Å². The van der Waals surface area contributed by atoms with Crippen LogP contribution in [0.4, 0.5) is 29.1 Å². The summed E-state index contributed by atoms with van der Waals surface area (Å²) >= 11 is 0. The second-order valence-corrected chi connectivity index (χ2v) is 14.3. The number of anilines is 5. The fourth-order valence-electron chi connectivity index (χ4n) is 7.03. The zero-order valence-electron chi connectivity index (χ0n) is 36.0. The predicted octanol–water partition coefficient (Wildman–Crippen LogP) is 5.39. The fourth-order valence-corrected chi connectivity index (χ4v) is 7.03. The van der Waals surface area contributed by atoms with Gasteiger partial charge in [-0.3, -0.25) is 4.68 Å². The maximum atomic E-state index is 9.69. The molecule has 2 saturated heterocycles. The highest BCUT2D eigenvalue weighted by Gasteiger charge is 2.26. The molecule has 0 aromatic carbocycles. The van der Waals surface area contributed by atoms with Gasteiger partial charge in [0.15, 0.2) is 22.8 Å². The normalized spacial score (nSPS) is 16.4. The number of nitrogens with one attached hydrogen (secondary N) is 2. The number of piperidine rings is 1. The number of aliphatic hydroxyl groups is 1. The third kappa shape index (κ3) is 11.4. The van der Waals surface area contributed by atoms with E-state index in [1.165, 1.54) is 0 Å². The zero-order valence-corrected chi connectivity index (χ0v) is 36.0. The summed E-state index contributed by atoms with van der Waals surface area (Å²) in [6, 6.07) is 6.14. The summed E-state index contributed by atoms with van der Waals surface area (Å²) in [7, 11) is 3.48. The Kier molecular flexibility index (Phi) is 16.8. The minimum atomic E-state index is 0.0941. The van der Waals surface area contributed by atoms with Crippen molar-refractivity contribution in [2.45, 2.75) is 91.4 Å². The van der Waals surface area contributed by atoms with Gasteiger partial charge in [-0.15, -0.1) is 11.7 Å². The fraction of sp³-hybridized carbons (Fsp3) is 0.500. The van der Waals surface area contributed by atoms with Crippen molar-refractivity contribution in [2.75, 3.05) is 60.4 Å². The molecule has 0 bridgehead atoms. The van der Waals surface area contributed by atoms with Crippen LogP contribution in [0.5, 0.6) is 11.8 Å². The highest BCUT2D eigenvalue weighted by Crippen LogP contribution is 2.31. The molecule has 7 N–H and O–H groups in total. The highest BCUT2D eigenvalue weighted by atomic mass is 16.5. The molecule has 2 aliphatic heterocycles. The van der Waals surface area contributed by atoms with E-state index in [1.807, 2.05) is 63.7 Å². The van der Waals surface area contributed by atoms with Crippen LogP contribution in [0, 0.1) is 0 Å². The molecule has 0 saturated carbocycles. The molecule has 18 heteroatoms. The molecular formula is C42H63N15O3. The van der Waals surface area contributed by atoms with Gasteiger partial charge in [0, 0.05) is 82.0 Å². The number of fused-ring (bicyclic) bond motifs is 1. The quantitative estimate of drug-likeness (QED) is 0.0787. The summed E-state index contributed by atoms with van der Waals surface area (Å²) in [5.74, 6) is 4.22. The average molecular weight is 826 g/mol. The Morgan fingerprint density at radius 1 is 1.10 bits per heavy atom. The van der Waals surface area contributed by atoms with Crippen molar-refractivity contribution in [3.05, 3.63) is 67.2 Å². The number of nitrogens with two attached hydrogens (primary N) is 2. The summed E-state index contributed by atoms with van der Waals surface area (Å²) in [6.07, 6.45) is 14.3. The lowest BCUT2D eigenvalue weighted by Gasteiger charge is -2.36. The van der Waals surface area contributed by atoms with Crippen LogP contribution in [0.3, 0.4) is 0 Å². The molecule has 5 aromatic heterocycles. The molecule has 324 valence electrons. The van der Waals surface area contributed by atoms with Gasteiger partial charge in [-0.2, -0.15) is 9.97 Å². The Labute approximate surface area is 353 Å². The standard InChI is InChI=1S/C37H51N15O3.C3H6.C2H6/c1-4-25(18-38)33-44-29(17-30(45-33)52-12-6-5-7-27(52)11-15-53)40-19-24-8-9-31(41-20-24)55-16-14-51-22-28(36(48-51)54-3)43-34-32-35(49(2)23-42-32)47-37(46-34)50-13-10-26(39)21-50;1-3-2;1-2/h8-9,17-18,20,22-23,26-27,53H,4-7,10-16,19,21,38-39H2,1-3H3,(H,40,44,45)(H,43,46,47);3H,1H2,2H3;1-2H3/b25-18-;;. The molecule has 18 nitrogen and oxygen atoms in total. The molecule has 2 unspecified atom stereocenters. The van der Waals surface area contributed by atoms with Gasteiger partial charge in [0.1, 0.15) is 23.9 Å². The van der Waals surface area contributed by atoms with Crippen molar-refractivity contribution in [3.63, 3.8) is 0 Å². The largest absolute Gasteiger partial charge is 0.478 e. The Morgan fingerprint density at radius 2 is 1.92 bits per heavy atom. The number of imidazole rings is 1. The molecule has 2 atom stereocenters. The van der Waals surface area contributed by atoms with Gasteiger partial charge >= 0.3 is 0 Å². The summed E-state index contributed by atoms with van der Waals surface area (Å²) in [5, 5.41) is 21.1. The highest BCUT2D eigenvalue weighted by molar-refractivity contribution is 5.87. The van der Waals surface area contributed by atoms with E-state index in [-0.39, 0.29) is 18.7 Å². The van der Waals surface area contributed by atoms with E-state index in [9.17, 15) is 5.11 Å². The van der Waals surface area contributed by atoms with E-state index in [4.69, 9.17) is 40.9 Å². The van der Waals surface area contributed by atoms with E-state index >= 15 is 0 Å². The first-order valence-electron chi connectivity index (χ1n) is 20.9. The molecule has 0 spiro atoms. The van der Waals surface area contributed by atoms with Crippen molar-refractivity contribution < 1.29 is 14.6 Å². The van der Waals surface area contributed by atoms with Gasteiger partial charge in [-0.1, -0.05) is 32.9 Å². The average Bonchev–Trinajstić information content (AvgIpc) is 4.00. The van der Waals surface area contributed by atoms with Crippen LogP contribution in [0.2, 0.25) is 0 Å². The number of nitrogens with zero attached hydrogens (tertiary/aromatic N) is 11. The molecule has 0 amide bonds. The second kappa shape index (κ2) is 22.4. The van der Waals surface area contributed by atoms with Crippen molar-refractivity contribution in [2.24, 2.45) is 18.5 Å². The van der Waals surface area contributed by atoms with Crippen LogP contribution in [0.1, 0.15) is 77.6 Å². The first kappa shape index (κ1) is 45.1. The number of aromatic nitrogens is 9. The van der Waals surface area contributed by atoms with Crippen molar-refractivity contribution in [3.8, 4) is 11.8 Å². The number of aliphatic hydroxyl groups excluding tert-OH is 1. The van der Waals surface area contributed by atoms with Gasteiger partial charge in [0.05, 0.1) is 26.2 Å². The van der Waals surface area contributed by atoms with Crippen LogP contribution in [-0.2, 0) is 20.1 Å². The molecule has 60 heavy (non-hydrogen) atoms. The SMILES string of the molecule is C=CC.CC.CC/C(=C/N)c1nc(NCc2ccc(OCCn3cc(Nc4nc(N5CCC(N)C5)nc5c4ncn5C)c(OC)n3)nc2)cc(N2CCCCC2CCO)n1. The van der Waals surface area contributed by atoms with Crippen LogP contribution in [0.25, 0.3) is 16.7 Å².